The molecule has 6 aliphatic rings. The molecule has 6 atom stereocenters. The van der Waals surface area contributed by atoms with Crippen LogP contribution in [0.4, 0.5) is 0 Å². The van der Waals surface area contributed by atoms with Crippen LogP contribution in [0, 0.1) is 59.2 Å². The smallest absolute Gasteiger partial charge is 0.0380 e. The second-order valence-corrected chi connectivity index (χ2v) is 20.5. The predicted octanol–water partition coefficient (Wildman–Crippen LogP) is 18.1. The Labute approximate surface area is 329 Å². The summed E-state index contributed by atoms with van der Waals surface area (Å²) in [6.07, 6.45) is 58.7. The molecule has 0 spiro atoms. The van der Waals surface area contributed by atoms with Gasteiger partial charge in [-0.15, -0.1) is 0 Å². The lowest BCUT2D eigenvalue weighted by Crippen LogP contribution is -2.31. The van der Waals surface area contributed by atoms with Gasteiger partial charge in [0.1, 0.15) is 0 Å². The van der Waals surface area contributed by atoms with Crippen LogP contribution in [0.1, 0.15) is 272 Å². The third kappa shape index (κ3) is 17.0. The van der Waals surface area contributed by atoms with E-state index in [2.05, 4.69) is 13.8 Å². The summed E-state index contributed by atoms with van der Waals surface area (Å²) in [6, 6.07) is 0. The zero-order valence-electron chi connectivity index (χ0n) is 36.6. The molecule has 6 rings (SSSR count). The van der Waals surface area contributed by atoms with Gasteiger partial charge < -0.3 is 0 Å². The molecule has 0 amide bonds. The summed E-state index contributed by atoms with van der Waals surface area (Å²) >= 11 is 0. The molecule has 0 aromatic rings. The highest BCUT2D eigenvalue weighted by molar-refractivity contribution is 4.88. The van der Waals surface area contributed by atoms with Gasteiger partial charge in [-0.05, 0) is 84.9 Å². The van der Waals surface area contributed by atoms with Crippen molar-refractivity contribution in [3.05, 3.63) is 0 Å². The summed E-state index contributed by atoms with van der Waals surface area (Å²) < 4.78 is 0. The van der Waals surface area contributed by atoms with Crippen LogP contribution in [0.2, 0.25) is 0 Å². The van der Waals surface area contributed by atoms with Crippen molar-refractivity contribution in [2.75, 3.05) is 0 Å². The van der Waals surface area contributed by atoms with Gasteiger partial charge in [0.25, 0.3) is 0 Å². The molecule has 0 radical (unpaired) electrons. The van der Waals surface area contributed by atoms with E-state index in [1.54, 1.807) is 128 Å². The fourth-order valence-corrected chi connectivity index (χ4v) is 13.4. The molecule has 0 saturated heterocycles. The van der Waals surface area contributed by atoms with Crippen molar-refractivity contribution in [3.8, 4) is 0 Å². The highest BCUT2D eigenvalue weighted by atomic mass is 14.4. The van der Waals surface area contributed by atoms with E-state index in [-0.39, 0.29) is 0 Å². The molecule has 0 heterocycles. The highest BCUT2D eigenvalue weighted by Gasteiger charge is 2.36. The first kappa shape index (κ1) is 44.7. The molecule has 0 nitrogen and oxygen atoms in total. The standard InChI is InChI=1S/C41H74.C9H18.C2H6/c1-33-29-37(34-19-11-5-2-6-12-20-34)25-17-26-38(30-33)40-28-18-27-39(35-21-13-7-3-8-14-22-35)31-41(32-40)36-23-15-9-4-10-16-24-36;1-9-7-5-3-2-4-6-8-9;1-2/h33-41H,2-32H2,1H3;9H,2-8H2,1H3;1-2H3. The Bertz CT molecular complexity index is 796. The average Bonchev–Trinajstić information content (AvgIpc) is 3.06. The van der Waals surface area contributed by atoms with Crippen molar-refractivity contribution in [2.45, 2.75) is 272 Å². The summed E-state index contributed by atoms with van der Waals surface area (Å²) in [4.78, 5) is 0. The topological polar surface area (TPSA) is 0 Å². The first-order chi connectivity index (χ1) is 25.7. The Balaban J connectivity index is 0.000000475. The lowest BCUT2D eigenvalue weighted by Gasteiger charge is -2.42. The van der Waals surface area contributed by atoms with Crippen LogP contribution in [0.15, 0.2) is 0 Å². The largest absolute Gasteiger partial charge is 0.0683 e. The van der Waals surface area contributed by atoms with Crippen molar-refractivity contribution >= 4 is 0 Å². The average molecular weight is 723 g/mol. The van der Waals surface area contributed by atoms with E-state index in [0.717, 1.165) is 59.2 Å². The lowest BCUT2D eigenvalue weighted by molar-refractivity contribution is 0.0853. The summed E-state index contributed by atoms with van der Waals surface area (Å²) in [6.45, 7) is 9.08. The van der Waals surface area contributed by atoms with Gasteiger partial charge in [-0.2, -0.15) is 0 Å². The zero-order valence-corrected chi connectivity index (χ0v) is 36.6. The van der Waals surface area contributed by atoms with Gasteiger partial charge in [-0.1, -0.05) is 246 Å². The second kappa shape index (κ2) is 27.6. The maximum Gasteiger partial charge on any atom is -0.0380 e. The predicted molar refractivity (Wildman–Crippen MR) is 233 cm³/mol. The first-order valence-electron chi connectivity index (χ1n) is 25.7. The van der Waals surface area contributed by atoms with Gasteiger partial charge in [0.2, 0.25) is 0 Å². The Kier molecular flexibility index (Phi) is 23.7. The molecule has 6 saturated carbocycles. The highest BCUT2D eigenvalue weighted by Crippen LogP contribution is 2.48. The molecule has 0 aromatic heterocycles. The molecular formula is C52H98. The van der Waals surface area contributed by atoms with Gasteiger partial charge in [0, 0.05) is 0 Å². The van der Waals surface area contributed by atoms with E-state index in [1.807, 2.05) is 13.8 Å². The van der Waals surface area contributed by atoms with Gasteiger partial charge in [0.15, 0.2) is 0 Å². The summed E-state index contributed by atoms with van der Waals surface area (Å²) in [5.74, 6) is 10.5. The Morgan fingerprint density at radius 3 is 0.788 bits per heavy atom. The third-order valence-electron chi connectivity index (χ3n) is 16.4. The van der Waals surface area contributed by atoms with E-state index in [0.29, 0.717) is 0 Å². The zero-order chi connectivity index (χ0) is 36.6. The van der Waals surface area contributed by atoms with Crippen molar-refractivity contribution in [1.29, 1.82) is 0 Å². The SMILES string of the molecule is CC.CC1CC(C2CCCCCCC2)CCCC(C2CCCC(C3CCCCCCC3)CC(C3CCCCCCC3)C2)C1.CC1CCCCCCC1. The monoisotopic (exact) mass is 723 g/mol. The number of hydrogen-bond donors (Lipinski definition) is 0. The summed E-state index contributed by atoms with van der Waals surface area (Å²) in [5, 5.41) is 0. The normalized spacial score (nSPS) is 34.4. The quantitative estimate of drug-likeness (QED) is 0.271. The molecule has 6 fully saturated rings. The molecule has 52 heavy (non-hydrogen) atoms. The Morgan fingerprint density at radius 1 is 0.192 bits per heavy atom. The molecule has 0 N–H and O–H groups in total. The molecule has 0 heteroatoms. The van der Waals surface area contributed by atoms with E-state index in [4.69, 9.17) is 0 Å². The van der Waals surface area contributed by atoms with Crippen LogP contribution in [-0.4, -0.2) is 0 Å². The second-order valence-electron chi connectivity index (χ2n) is 20.5. The van der Waals surface area contributed by atoms with Crippen LogP contribution in [0.5, 0.6) is 0 Å². The van der Waals surface area contributed by atoms with Crippen LogP contribution < -0.4 is 0 Å². The van der Waals surface area contributed by atoms with E-state index >= 15 is 0 Å². The Morgan fingerprint density at radius 2 is 0.423 bits per heavy atom. The molecule has 0 aliphatic heterocycles. The maximum atomic E-state index is 2.69. The fourth-order valence-electron chi connectivity index (χ4n) is 13.4. The van der Waals surface area contributed by atoms with Crippen molar-refractivity contribution in [1.82, 2.24) is 0 Å². The minimum Gasteiger partial charge on any atom is -0.0683 e. The maximum absolute atomic E-state index is 2.69. The molecular weight excluding hydrogens is 625 g/mol. The lowest BCUT2D eigenvalue weighted by atomic mass is 9.63. The summed E-state index contributed by atoms with van der Waals surface area (Å²) in [5.41, 5.74) is 0. The van der Waals surface area contributed by atoms with Gasteiger partial charge in [-0.3, -0.25) is 0 Å². The van der Waals surface area contributed by atoms with Crippen LogP contribution >= 0.6 is 0 Å². The number of rotatable bonds is 4. The number of hydrogen-bond acceptors (Lipinski definition) is 0. The first-order valence-corrected chi connectivity index (χ1v) is 25.7. The molecule has 6 unspecified atom stereocenters. The van der Waals surface area contributed by atoms with E-state index in [9.17, 15) is 0 Å². The minimum atomic E-state index is 0.976. The van der Waals surface area contributed by atoms with E-state index < -0.39 is 0 Å². The molecule has 0 aromatic carbocycles. The van der Waals surface area contributed by atoms with Crippen LogP contribution in [0.3, 0.4) is 0 Å². The molecule has 0 bridgehead atoms. The molecule has 6 aliphatic carbocycles. The van der Waals surface area contributed by atoms with Crippen LogP contribution in [-0.2, 0) is 0 Å². The molecule has 306 valence electrons. The Hall–Kier alpha value is 0. The van der Waals surface area contributed by atoms with Crippen molar-refractivity contribution in [3.63, 3.8) is 0 Å². The van der Waals surface area contributed by atoms with Gasteiger partial charge >= 0.3 is 0 Å². The van der Waals surface area contributed by atoms with Crippen molar-refractivity contribution < 1.29 is 0 Å². The van der Waals surface area contributed by atoms with Gasteiger partial charge in [-0.25, -0.2) is 0 Å². The van der Waals surface area contributed by atoms with Crippen molar-refractivity contribution in [2.24, 2.45) is 59.2 Å². The van der Waals surface area contributed by atoms with Crippen LogP contribution in [0.25, 0.3) is 0 Å². The summed E-state index contributed by atoms with van der Waals surface area (Å²) in [7, 11) is 0. The van der Waals surface area contributed by atoms with E-state index in [1.165, 1.54) is 116 Å². The third-order valence-corrected chi connectivity index (χ3v) is 16.4. The van der Waals surface area contributed by atoms with Gasteiger partial charge in [0.05, 0.1) is 0 Å². The fraction of sp³-hybridized carbons (Fsp3) is 1.00. The minimum absolute atomic E-state index is 0.976.